The molecule has 3 unspecified atom stereocenters. The molecule has 6 rings (SSSR count). The second-order valence-electron chi connectivity index (χ2n) is 8.99. The summed E-state index contributed by atoms with van der Waals surface area (Å²) in [6.45, 7) is 1.26. The lowest BCUT2D eigenvalue weighted by Crippen LogP contribution is -2.51. The Morgan fingerprint density at radius 3 is 1.97 bits per heavy atom. The molecular weight excluding hydrogens is 462 g/mol. The first-order valence-electron chi connectivity index (χ1n) is 11.4. The van der Waals surface area contributed by atoms with Crippen molar-refractivity contribution in [2.75, 3.05) is 4.90 Å². The van der Waals surface area contributed by atoms with Gasteiger partial charge < -0.3 is 9.47 Å². The van der Waals surface area contributed by atoms with E-state index in [0.717, 1.165) is 4.90 Å². The summed E-state index contributed by atoms with van der Waals surface area (Å²) in [4.78, 5) is 67.3. The van der Waals surface area contributed by atoms with Crippen molar-refractivity contribution >= 4 is 35.0 Å². The standard InChI is InChI=1S/C28H19NO7/c1-15(30)35-18-13-11-17(12-14-18)29-26(33)21-22(27(29)34)28(36-23(21)16-7-3-2-4-8-16)24(31)19-9-5-6-10-20(19)25(28)32/h2-14,21-23H,1H3. The molecule has 3 aromatic rings. The minimum absolute atomic E-state index is 0.180. The maximum absolute atomic E-state index is 13.9. The van der Waals surface area contributed by atoms with E-state index < -0.39 is 52.9 Å². The maximum Gasteiger partial charge on any atom is 0.308 e. The van der Waals surface area contributed by atoms with Gasteiger partial charge in [0.05, 0.1) is 23.6 Å². The van der Waals surface area contributed by atoms with E-state index in [0.29, 0.717) is 5.56 Å². The van der Waals surface area contributed by atoms with Gasteiger partial charge in [0, 0.05) is 18.1 Å². The molecule has 178 valence electrons. The second kappa shape index (κ2) is 7.79. The molecule has 8 heteroatoms. The van der Waals surface area contributed by atoms with E-state index in [1.807, 2.05) is 0 Å². The third-order valence-electron chi connectivity index (χ3n) is 7.00. The molecule has 2 heterocycles. The minimum atomic E-state index is -2.12. The van der Waals surface area contributed by atoms with Crippen LogP contribution in [-0.2, 0) is 19.1 Å². The number of ether oxygens (including phenoxy) is 2. The number of fused-ring (bicyclic) bond motifs is 3. The van der Waals surface area contributed by atoms with Crippen LogP contribution in [0.3, 0.4) is 0 Å². The molecule has 0 bridgehead atoms. The van der Waals surface area contributed by atoms with Crippen molar-refractivity contribution in [2.45, 2.75) is 18.6 Å². The number of esters is 1. The Bertz CT molecular complexity index is 1430. The third kappa shape index (κ3) is 2.88. The maximum atomic E-state index is 13.9. The van der Waals surface area contributed by atoms with Crippen LogP contribution in [0.5, 0.6) is 5.75 Å². The van der Waals surface area contributed by atoms with E-state index in [-0.39, 0.29) is 22.6 Å². The predicted octanol–water partition coefficient (Wildman–Crippen LogP) is 3.31. The lowest BCUT2D eigenvalue weighted by molar-refractivity contribution is -0.132. The zero-order valence-electron chi connectivity index (χ0n) is 19.0. The Labute approximate surface area is 205 Å². The molecule has 0 radical (unpaired) electrons. The summed E-state index contributed by atoms with van der Waals surface area (Å²) in [5.74, 6) is -5.11. The fraction of sp³-hybridized carbons (Fsp3) is 0.179. The average molecular weight is 481 g/mol. The summed E-state index contributed by atoms with van der Waals surface area (Å²) in [7, 11) is 0. The van der Waals surface area contributed by atoms with Gasteiger partial charge in [0.1, 0.15) is 5.75 Å². The summed E-state index contributed by atoms with van der Waals surface area (Å²) >= 11 is 0. The number of nitrogens with zero attached hydrogens (tertiary/aromatic N) is 1. The Hall–Kier alpha value is -4.43. The molecule has 36 heavy (non-hydrogen) atoms. The number of benzene rings is 3. The number of hydrogen-bond acceptors (Lipinski definition) is 7. The van der Waals surface area contributed by atoms with Crippen LogP contribution in [0, 0.1) is 11.8 Å². The molecule has 3 aromatic carbocycles. The molecular formula is C28H19NO7. The normalized spacial score (nSPS) is 23.8. The number of anilines is 1. The van der Waals surface area contributed by atoms with Crippen molar-refractivity contribution in [3.05, 3.63) is 95.6 Å². The minimum Gasteiger partial charge on any atom is -0.427 e. The molecule has 1 aliphatic carbocycles. The van der Waals surface area contributed by atoms with Crippen LogP contribution in [0.25, 0.3) is 0 Å². The van der Waals surface area contributed by atoms with Gasteiger partial charge in [-0.3, -0.25) is 24.0 Å². The highest BCUT2D eigenvalue weighted by atomic mass is 16.5. The molecule has 1 spiro atoms. The van der Waals surface area contributed by atoms with Gasteiger partial charge >= 0.3 is 5.97 Å². The van der Waals surface area contributed by atoms with Gasteiger partial charge in [-0.2, -0.15) is 0 Å². The van der Waals surface area contributed by atoms with Crippen LogP contribution in [0.4, 0.5) is 5.69 Å². The van der Waals surface area contributed by atoms with Crippen LogP contribution < -0.4 is 9.64 Å². The van der Waals surface area contributed by atoms with Crippen LogP contribution in [0.15, 0.2) is 78.9 Å². The largest absolute Gasteiger partial charge is 0.427 e. The molecule has 0 aromatic heterocycles. The van der Waals surface area contributed by atoms with E-state index in [4.69, 9.17) is 9.47 Å². The predicted molar refractivity (Wildman–Crippen MR) is 125 cm³/mol. The number of carbonyl (C=O) groups is 5. The Morgan fingerprint density at radius 1 is 0.806 bits per heavy atom. The zero-order chi connectivity index (χ0) is 25.2. The fourth-order valence-corrected chi connectivity index (χ4v) is 5.54. The molecule has 3 atom stereocenters. The fourth-order valence-electron chi connectivity index (χ4n) is 5.54. The Kier molecular flexibility index (Phi) is 4.77. The first-order valence-corrected chi connectivity index (χ1v) is 11.4. The van der Waals surface area contributed by atoms with E-state index in [2.05, 4.69) is 0 Å². The average Bonchev–Trinajstić information content (AvgIpc) is 3.45. The van der Waals surface area contributed by atoms with Crippen LogP contribution >= 0.6 is 0 Å². The SMILES string of the molecule is CC(=O)Oc1ccc(N2C(=O)C3C(c4ccccc4)OC4(C(=O)c5ccccc5C4=O)C3C2=O)cc1. The van der Waals surface area contributed by atoms with Gasteiger partial charge in [0.15, 0.2) is 0 Å². The van der Waals surface area contributed by atoms with E-state index in [9.17, 15) is 24.0 Å². The highest BCUT2D eigenvalue weighted by Gasteiger charge is 2.74. The monoisotopic (exact) mass is 481 g/mol. The van der Waals surface area contributed by atoms with Gasteiger partial charge in [-0.25, -0.2) is 4.90 Å². The van der Waals surface area contributed by atoms with Gasteiger partial charge in [-0.1, -0.05) is 54.6 Å². The molecule has 8 nitrogen and oxygen atoms in total. The van der Waals surface area contributed by atoms with Crippen molar-refractivity contribution in [3.63, 3.8) is 0 Å². The van der Waals surface area contributed by atoms with Crippen molar-refractivity contribution < 1.29 is 33.4 Å². The number of imide groups is 1. The summed E-state index contributed by atoms with van der Waals surface area (Å²) < 4.78 is 11.3. The highest BCUT2D eigenvalue weighted by molar-refractivity contribution is 6.37. The highest BCUT2D eigenvalue weighted by Crippen LogP contribution is 2.57. The lowest BCUT2D eigenvalue weighted by Gasteiger charge is -2.27. The van der Waals surface area contributed by atoms with E-state index in [1.54, 1.807) is 42.5 Å². The van der Waals surface area contributed by atoms with E-state index >= 15 is 0 Å². The Morgan fingerprint density at radius 2 is 1.39 bits per heavy atom. The zero-order valence-corrected chi connectivity index (χ0v) is 19.0. The number of carbonyl (C=O) groups excluding carboxylic acids is 5. The van der Waals surface area contributed by atoms with Crippen LogP contribution in [-0.4, -0.2) is 35.0 Å². The third-order valence-corrected chi connectivity index (χ3v) is 7.00. The molecule has 2 aliphatic heterocycles. The molecule has 2 amide bonds. The van der Waals surface area contributed by atoms with Crippen molar-refractivity contribution in [1.29, 1.82) is 0 Å². The summed E-state index contributed by atoms with van der Waals surface area (Å²) in [6.07, 6.45) is -0.972. The molecule has 0 saturated carbocycles. The number of hydrogen-bond donors (Lipinski definition) is 0. The summed E-state index contributed by atoms with van der Waals surface area (Å²) in [6, 6.07) is 21.0. The van der Waals surface area contributed by atoms with E-state index in [1.165, 1.54) is 43.3 Å². The smallest absolute Gasteiger partial charge is 0.308 e. The van der Waals surface area contributed by atoms with Gasteiger partial charge in [-0.05, 0) is 29.8 Å². The first-order chi connectivity index (χ1) is 17.3. The summed E-state index contributed by atoms with van der Waals surface area (Å²) in [5.41, 5.74) is -0.922. The van der Waals surface area contributed by atoms with Crippen LogP contribution in [0.2, 0.25) is 0 Å². The molecule has 2 saturated heterocycles. The second-order valence-corrected chi connectivity index (χ2v) is 8.99. The van der Waals surface area contributed by atoms with Gasteiger partial charge in [-0.15, -0.1) is 0 Å². The lowest BCUT2D eigenvalue weighted by atomic mass is 9.77. The number of Topliss-reactive ketones (excluding diaryl/α,β-unsaturated/α-hetero) is 2. The number of rotatable bonds is 3. The number of amides is 2. The van der Waals surface area contributed by atoms with Gasteiger partial charge in [0.25, 0.3) is 0 Å². The molecule has 2 fully saturated rings. The summed E-state index contributed by atoms with van der Waals surface area (Å²) in [5, 5.41) is 0. The van der Waals surface area contributed by atoms with Gasteiger partial charge in [0.2, 0.25) is 29.0 Å². The topological polar surface area (TPSA) is 107 Å². The first kappa shape index (κ1) is 22.1. The molecule has 3 aliphatic rings. The van der Waals surface area contributed by atoms with Crippen LogP contribution in [0.1, 0.15) is 39.3 Å². The van der Waals surface area contributed by atoms with Crippen molar-refractivity contribution in [2.24, 2.45) is 11.8 Å². The van der Waals surface area contributed by atoms with Crippen molar-refractivity contribution in [1.82, 2.24) is 0 Å². The number of ketones is 2. The quantitative estimate of drug-likeness (QED) is 0.245. The van der Waals surface area contributed by atoms with Crippen molar-refractivity contribution in [3.8, 4) is 5.75 Å². The Balaban J connectivity index is 1.48. The molecule has 0 N–H and O–H groups in total.